The number of hydrogen-bond acceptors (Lipinski definition) is 3. The molecule has 2 rings (SSSR count). The van der Waals surface area contributed by atoms with Gasteiger partial charge in [-0.25, -0.2) is 0 Å². The summed E-state index contributed by atoms with van der Waals surface area (Å²) in [7, 11) is 0. The molecule has 0 bridgehead atoms. The molecule has 0 aliphatic carbocycles. The van der Waals surface area contributed by atoms with Crippen LogP contribution in [0.4, 0.5) is 0 Å². The van der Waals surface area contributed by atoms with Crippen molar-refractivity contribution in [1.82, 2.24) is 5.43 Å². The zero-order valence-corrected chi connectivity index (χ0v) is 13.1. The Morgan fingerprint density at radius 3 is 2.78 bits per heavy atom. The van der Waals surface area contributed by atoms with E-state index < -0.39 is 0 Å². The molecule has 5 heteroatoms. The third kappa shape index (κ3) is 3.33. The zero-order chi connectivity index (χ0) is 13.1. The van der Waals surface area contributed by atoms with Gasteiger partial charge >= 0.3 is 0 Å². The van der Waals surface area contributed by atoms with Crippen LogP contribution in [0.3, 0.4) is 0 Å². The molecule has 0 radical (unpaired) electrons. The summed E-state index contributed by atoms with van der Waals surface area (Å²) >= 11 is 11.2. The van der Waals surface area contributed by atoms with Crippen LogP contribution in [0.15, 0.2) is 34.1 Å². The lowest BCUT2D eigenvalue weighted by molar-refractivity contribution is 0.560. The van der Waals surface area contributed by atoms with Gasteiger partial charge in [0.25, 0.3) is 0 Å². The van der Waals surface area contributed by atoms with Gasteiger partial charge in [-0.3, -0.25) is 11.3 Å². The minimum absolute atomic E-state index is 0.110. The van der Waals surface area contributed by atoms with Gasteiger partial charge in [0.15, 0.2) is 0 Å². The van der Waals surface area contributed by atoms with Gasteiger partial charge in [-0.05, 0) is 58.6 Å². The number of benzene rings is 1. The third-order valence-corrected chi connectivity index (χ3v) is 5.24. The summed E-state index contributed by atoms with van der Waals surface area (Å²) in [5.41, 5.74) is 5.28. The van der Waals surface area contributed by atoms with Crippen LogP contribution in [-0.2, 0) is 6.42 Å². The largest absolute Gasteiger partial charge is 0.271 e. The number of aryl methyl sites for hydroxylation is 1. The van der Waals surface area contributed by atoms with E-state index in [2.05, 4.69) is 40.4 Å². The highest BCUT2D eigenvalue weighted by Gasteiger charge is 2.14. The minimum atomic E-state index is 0.110. The van der Waals surface area contributed by atoms with Crippen molar-refractivity contribution >= 4 is 38.9 Å². The summed E-state index contributed by atoms with van der Waals surface area (Å²) in [4.78, 5) is 1.22. The minimum Gasteiger partial charge on any atom is -0.271 e. The van der Waals surface area contributed by atoms with Gasteiger partial charge in [0.05, 0.1) is 9.83 Å². The lowest BCUT2D eigenvalue weighted by Gasteiger charge is -2.14. The second-order valence-corrected chi connectivity index (χ2v) is 7.00. The normalized spacial score (nSPS) is 12.7. The Morgan fingerprint density at radius 2 is 2.22 bits per heavy atom. The zero-order valence-electron chi connectivity index (χ0n) is 9.91. The Labute approximate surface area is 124 Å². The lowest BCUT2D eigenvalue weighted by atomic mass is 10.0. The number of thiophene rings is 1. The average molecular weight is 346 g/mol. The van der Waals surface area contributed by atoms with E-state index >= 15 is 0 Å². The number of rotatable bonds is 4. The maximum atomic E-state index is 5.99. The smallest absolute Gasteiger partial charge is 0.0731 e. The maximum Gasteiger partial charge on any atom is 0.0731 e. The van der Waals surface area contributed by atoms with Gasteiger partial charge in [0, 0.05) is 9.90 Å². The lowest BCUT2D eigenvalue weighted by Crippen LogP contribution is -2.28. The van der Waals surface area contributed by atoms with E-state index in [0.717, 1.165) is 15.2 Å². The van der Waals surface area contributed by atoms with Crippen LogP contribution >= 0.6 is 38.9 Å². The van der Waals surface area contributed by atoms with Crippen molar-refractivity contribution in [3.05, 3.63) is 55.1 Å². The molecule has 18 heavy (non-hydrogen) atoms. The quantitative estimate of drug-likeness (QED) is 0.643. The van der Waals surface area contributed by atoms with E-state index in [4.69, 9.17) is 17.4 Å². The van der Waals surface area contributed by atoms with Crippen LogP contribution in [0.5, 0.6) is 0 Å². The number of nitrogens with two attached hydrogens (primary N) is 1. The van der Waals surface area contributed by atoms with E-state index in [1.165, 1.54) is 16.0 Å². The second-order valence-electron chi connectivity index (χ2n) is 4.16. The van der Waals surface area contributed by atoms with Gasteiger partial charge in [0.1, 0.15) is 0 Å². The van der Waals surface area contributed by atoms with Crippen molar-refractivity contribution < 1.29 is 0 Å². The molecular formula is C13H14BrClN2S. The molecule has 1 aromatic heterocycles. The Morgan fingerprint density at radius 1 is 1.44 bits per heavy atom. The maximum absolute atomic E-state index is 5.99. The molecule has 0 aliphatic rings. The SMILES string of the molecule is Cc1cc(C(Cc2cccc(Cl)c2)NN)sc1Br. The van der Waals surface area contributed by atoms with Crippen molar-refractivity contribution in [2.75, 3.05) is 0 Å². The molecule has 2 aromatic rings. The predicted molar refractivity (Wildman–Crippen MR) is 82.0 cm³/mol. The van der Waals surface area contributed by atoms with Gasteiger partial charge < -0.3 is 0 Å². The summed E-state index contributed by atoms with van der Waals surface area (Å²) in [6, 6.07) is 10.1. The van der Waals surface area contributed by atoms with E-state index in [9.17, 15) is 0 Å². The topological polar surface area (TPSA) is 38.0 Å². The first kappa shape index (κ1) is 14.0. The van der Waals surface area contributed by atoms with E-state index in [1.807, 2.05) is 18.2 Å². The van der Waals surface area contributed by atoms with E-state index in [-0.39, 0.29) is 6.04 Å². The Bertz CT molecular complexity index is 522. The van der Waals surface area contributed by atoms with Crippen LogP contribution < -0.4 is 11.3 Å². The first-order chi connectivity index (χ1) is 8.60. The first-order valence-electron chi connectivity index (χ1n) is 5.56. The summed E-state index contributed by atoms with van der Waals surface area (Å²) in [5.74, 6) is 5.66. The number of hydrazine groups is 1. The molecule has 0 fully saturated rings. The van der Waals surface area contributed by atoms with Crippen LogP contribution in [0.25, 0.3) is 0 Å². The fourth-order valence-corrected chi connectivity index (χ4v) is 3.64. The Hall–Kier alpha value is -0.390. The highest BCUT2D eigenvalue weighted by atomic mass is 79.9. The molecule has 1 heterocycles. The van der Waals surface area contributed by atoms with Gasteiger partial charge in [0.2, 0.25) is 0 Å². The molecule has 0 saturated carbocycles. The van der Waals surface area contributed by atoms with Gasteiger partial charge in [-0.15, -0.1) is 11.3 Å². The molecule has 0 amide bonds. The highest BCUT2D eigenvalue weighted by Crippen LogP contribution is 2.32. The third-order valence-electron chi connectivity index (χ3n) is 2.75. The molecule has 0 aliphatic heterocycles. The van der Waals surface area contributed by atoms with Gasteiger partial charge in [-0.1, -0.05) is 23.7 Å². The standard InChI is InChI=1S/C13H14BrClN2S/c1-8-5-12(18-13(8)14)11(17-16)7-9-3-2-4-10(15)6-9/h2-6,11,17H,7,16H2,1H3. The van der Waals surface area contributed by atoms with Crippen molar-refractivity contribution in [1.29, 1.82) is 0 Å². The fourth-order valence-electron chi connectivity index (χ4n) is 1.80. The van der Waals surface area contributed by atoms with Crippen LogP contribution in [0.1, 0.15) is 22.0 Å². The number of halogens is 2. The van der Waals surface area contributed by atoms with E-state index in [1.54, 1.807) is 11.3 Å². The van der Waals surface area contributed by atoms with Crippen LogP contribution in [0, 0.1) is 6.92 Å². The van der Waals surface area contributed by atoms with Crippen molar-refractivity contribution in [2.24, 2.45) is 5.84 Å². The molecule has 1 atom stereocenters. The summed E-state index contributed by atoms with van der Waals surface area (Å²) < 4.78 is 1.16. The monoisotopic (exact) mass is 344 g/mol. The molecule has 1 unspecified atom stereocenters. The second kappa shape index (κ2) is 6.17. The van der Waals surface area contributed by atoms with Crippen molar-refractivity contribution in [2.45, 2.75) is 19.4 Å². The predicted octanol–water partition coefficient (Wildman–Crippen LogP) is 4.22. The highest BCUT2D eigenvalue weighted by molar-refractivity contribution is 9.11. The molecule has 3 N–H and O–H groups in total. The van der Waals surface area contributed by atoms with Crippen molar-refractivity contribution in [3.63, 3.8) is 0 Å². The molecule has 2 nitrogen and oxygen atoms in total. The fraction of sp³-hybridized carbons (Fsp3) is 0.231. The summed E-state index contributed by atoms with van der Waals surface area (Å²) in [6.07, 6.45) is 0.823. The first-order valence-corrected chi connectivity index (χ1v) is 7.55. The van der Waals surface area contributed by atoms with E-state index in [0.29, 0.717) is 0 Å². The van der Waals surface area contributed by atoms with Crippen LogP contribution in [-0.4, -0.2) is 0 Å². The Kier molecular flexibility index (Phi) is 4.81. The molecule has 1 aromatic carbocycles. The van der Waals surface area contributed by atoms with Crippen LogP contribution in [0.2, 0.25) is 5.02 Å². The molecular weight excluding hydrogens is 332 g/mol. The number of hydrogen-bond donors (Lipinski definition) is 2. The van der Waals surface area contributed by atoms with Crippen molar-refractivity contribution in [3.8, 4) is 0 Å². The molecule has 0 saturated heterocycles. The summed E-state index contributed by atoms with van der Waals surface area (Å²) in [5, 5.41) is 0.756. The number of nitrogens with one attached hydrogen (secondary N) is 1. The average Bonchev–Trinajstić information content (AvgIpc) is 2.66. The molecule has 96 valence electrons. The Balaban J connectivity index is 2.19. The van der Waals surface area contributed by atoms with Gasteiger partial charge in [-0.2, -0.15) is 0 Å². The summed E-state index contributed by atoms with van der Waals surface area (Å²) in [6.45, 7) is 2.08. The molecule has 0 spiro atoms.